The number of rotatable bonds is 7. The van der Waals surface area contributed by atoms with Gasteiger partial charge in [0.1, 0.15) is 12.2 Å². The highest BCUT2D eigenvalue weighted by Gasteiger charge is 2.50. The van der Waals surface area contributed by atoms with E-state index in [2.05, 4.69) is 13.2 Å². The smallest absolute Gasteiger partial charge is 0.334 e. The molecule has 4 atom stereocenters. The van der Waals surface area contributed by atoms with E-state index in [9.17, 15) is 14.7 Å². The van der Waals surface area contributed by atoms with Crippen LogP contribution < -0.4 is 0 Å². The van der Waals surface area contributed by atoms with Gasteiger partial charge in [0.15, 0.2) is 0 Å². The first-order valence-corrected chi connectivity index (χ1v) is 8.51. The van der Waals surface area contributed by atoms with Gasteiger partial charge in [-0.3, -0.25) is 0 Å². The Hall–Kier alpha value is -1.92. The van der Waals surface area contributed by atoms with Crippen molar-refractivity contribution in [3.8, 4) is 0 Å². The highest BCUT2D eigenvalue weighted by molar-refractivity contribution is 5.92. The van der Waals surface area contributed by atoms with E-state index in [1.54, 1.807) is 6.92 Å². The lowest BCUT2D eigenvalue weighted by Gasteiger charge is -2.38. The fraction of sp³-hybridized carbons (Fsp3) is 0.579. The number of aliphatic hydroxyl groups is 2. The molecule has 25 heavy (non-hydrogen) atoms. The molecular weight excluding hydrogens is 324 g/mol. The number of carbonyl (C=O) groups is 2. The molecular formula is C19H26O6. The van der Waals surface area contributed by atoms with Gasteiger partial charge in [0.05, 0.1) is 12.5 Å². The fourth-order valence-corrected chi connectivity index (χ4v) is 3.64. The van der Waals surface area contributed by atoms with Crippen molar-refractivity contribution in [2.24, 2.45) is 11.8 Å². The largest absolute Gasteiger partial charge is 0.458 e. The first-order chi connectivity index (χ1) is 11.8. The zero-order chi connectivity index (χ0) is 18.7. The number of ether oxygens (including phenoxy) is 2. The minimum absolute atomic E-state index is 0.0262. The van der Waals surface area contributed by atoms with Crippen LogP contribution in [0, 0.1) is 11.8 Å². The predicted octanol–water partition coefficient (Wildman–Crippen LogP) is 1.67. The fourth-order valence-electron chi connectivity index (χ4n) is 3.64. The summed E-state index contributed by atoms with van der Waals surface area (Å²) in [6.45, 7) is 10.8. The maximum Gasteiger partial charge on any atom is 0.334 e. The molecule has 0 unspecified atom stereocenters. The molecule has 0 aromatic rings. The normalized spacial score (nSPS) is 27.0. The van der Waals surface area contributed by atoms with Crippen LogP contribution in [0.4, 0.5) is 0 Å². The van der Waals surface area contributed by atoms with Gasteiger partial charge in [-0.2, -0.15) is 0 Å². The van der Waals surface area contributed by atoms with E-state index in [0.29, 0.717) is 24.8 Å². The van der Waals surface area contributed by atoms with Crippen LogP contribution in [0.1, 0.15) is 33.1 Å². The molecule has 2 aliphatic rings. The molecule has 0 aromatic carbocycles. The van der Waals surface area contributed by atoms with Gasteiger partial charge in [0.2, 0.25) is 0 Å². The van der Waals surface area contributed by atoms with Crippen LogP contribution in [0.5, 0.6) is 0 Å². The molecule has 138 valence electrons. The number of fused-ring (bicyclic) bond motifs is 1. The molecule has 6 heteroatoms. The number of hydrogen-bond donors (Lipinski definition) is 2. The third-order valence-electron chi connectivity index (χ3n) is 4.91. The summed E-state index contributed by atoms with van der Waals surface area (Å²) in [7, 11) is 0. The van der Waals surface area contributed by atoms with Crippen LogP contribution in [0.2, 0.25) is 0 Å². The topological polar surface area (TPSA) is 93.1 Å². The standard InChI is InChI=1S/C19H26O6/c1-10(2)18(22)25-17-15(11(3)6-5-7-20)13(9-21)8-14-16(17)12(4)19(23)24-14/h11,14,16-17,20-21H,1,4-9H2,2-3H3/t11-,14+,16+,17-/m0/s1. The number of carbonyl (C=O) groups excluding carboxylic acids is 2. The van der Waals surface area contributed by atoms with Gasteiger partial charge in [0, 0.05) is 24.2 Å². The van der Waals surface area contributed by atoms with Crippen LogP contribution in [0.15, 0.2) is 35.5 Å². The van der Waals surface area contributed by atoms with Crippen molar-refractivity contribution in [1.29, 1.82) is 0 Å². The van der Waals surface area contributed by atoms with E-state index in [4.69, 9.17) is 14.6 Å². The summed E-state index contributed by atoms with van der Waals surface area (Å²) in [5.74, 6) is -1.53. The summed E-state index contributed by atoms with van der Waals surface area (Å²) in [4.78, 5) is 24.1. The van der Waals surface area contributed by atoms with Gasteiger partial charge < -0.3 is 19.7 Å². The molecule has 1 saturated heterocycles. The molecule has 1 heterocycles. The Bertz CT molecular complexity index is 617. The van der Waals surface area contributed by atoms with E-state index >= 15 is 0 Å². The van der Waals surface area contributed by atoms with E-state index in [1.807, 2.05) is 6.92 Å². The maximum absolute atomic E-state index is 12.2. The first kappa shape index (κ1) is 19.4. The van der Waals surface area contributed by atoms with Crippen molar-refractivity contribution < 1.29 is 29.3 Å². The lowest BCUT2D eigenvalue weighted by Crippen LogP contribution is -2.41. The summed E-state index contributed by atoms with van der Waals surface area (Å²) in [6.07, 6.45) is 0.451. The molecule has 0 radical (unpaired) electrons. The Balaban J connectivity index is 2.44. The monoisotopic (exact) mass is 350 g/mol. The molecule has 1 aliphatic carbocycles. The van der Waals surface area contributed by atoms with Crippen molar-refractivity contribution in [2.45, 2.75) is 45.3 Å². The molecule has 2 rings (SSSR count). The molecule has 0 saturated carbocycles. The number of aliphatic hydroxyl groups excluding tert-OH is 2. The zero-order valence-electron chi connectivity index (χ0n) is 14.8. The van der Waals surface area contributed by atoms with Crippen LogP contribution in [0.25, 0.3) is 0 Å². The van der Waals surface area contributed by atoms with Gasteiger partial charge in [-0.05, 0) is 36.8 Å². The average molecular weight is 350 g/mol. The Kier molecular flexibility index (Phi) is 6.19. The lowest BCUT2D eigenvalue weighted by molar-refractivity contribution is -0.147. The Morgan fingerprint density at radius 2 is 2.12 bits per heavy atom. The summed E-state index contributed by atoms with van der Waals surface area (Å²) >= 11 is 0. The third-order valence-corrected chi connectivity index (χ3v) is 4.91. The summed E-state index contributed by atoms with van der Waals surface area (Å²) in [6, 6.07) is 0. The molecule has 0 bridgehead atoms. The van der Waals surface area contributed by atoms with Crippen molar-refractivity contribution >= 4 is 11.9 Å². The van der Waals surface area contributed by atoms with Crippen LogP contribution in [0.3, 0.4) is 0 Å². The first-order valence-electron chi connectivity index (χ1n) is 8.51. The Labute approximate surface area is 147 Å². The van der Waals surface area contributed by atoms with Gasteiger partial charge in [-0.25, -0.2) is 9.59 Å². The van der Waals surface area contributed by atoms with Crippen LogP contribution in [-0.4, -0.2) is 47.6 Å². The predicted molar refractivity (Wildman–Crippen MR) is 91.4 cm³/mol. The number of esters is 2. The van der Waals surface area contributed by atoms with E-state index < -0.39 is 30.1 Å². The second-order valence-corrected chi connectivity index (χ2v) is 6.79. The average Bonchev–Trinajstić information content (AvgIpc) is 2.86. The maximum atomic E-state index is 12.2. The van der Waals surface area contributed by atoms with E-state index in [0.717, 1.165) is 5.57 Å². The van der Waals surface area contributed by atoms with Gasteiger partial charge in [-0.15, -0.1) is 0 Å². The molecule has 1 aliphatic heterocycles. The molecule has 0 spiro atoms. The SMILES string of the molecule is C=C(C)C(=O)O[C@H]1C([C@@H](C)CCCO)=C(CO)C[C@H]2OC(=O)C(=C)[C@H]21. The third kappa shape index (κ3) is 3.85. The second-order valence-electron chi connectivity index (χ2n) is 6.79. The lowest BCUT2D eigenvalue weighted by atomic mass is 9.73. The van der Waals surface area contributed by atoms with E-state index in [-0.39, 0.29) is 30.3 Å². The number of hydrogen-bond acceptors (Lipinski definition) is 6. The van der Waals surface area contributed by atoms with Gasteiger partial charge >= 0.3 is 11.9 Å². The van der Waals surface area contributed by atoms with Crippen molar-refractivity contribution in [3.05, 3.63) is 35.5 Å². The zero-order valence-corrected chi connectivity index (χ0v) is 14.8. The molecule has 0 amide bonds. The second kappa shape index (κ2) is 7.97. The highest BCUT2D eigenvalue weighted by Crippen LogP contribution is 2.45. The van der Waals surface area contributed by atoms with Gasteiger partial charge in [-0.1, -0.05) is 20.1 Å². The minimum Gasteiger partial charge on any atom is -0.458 e. The summed E-state index contributed by atoms with van der Waals surface area (Å²) < 4.78 is 11.0. The van der Waals surface area contributed by atoms with Crippen LogP contribution >= 0.6 is 0 Å². The molecule has 1 fully saturated rings. The van der Waals surface area contributed by atoms with Crippen molar-refractivity contribution in [2.75, 3.05) is 13.2 Å². The summed E-state index contributed by atoms with van der Waals surface area (Å²) in [5.41, 5.74) is 2.05. The Morgan fingerprint density at radius 3 is 2.68 bits per heavy atom. The molecule has 2 N–H and O–H groups in total. The molecule has 0 aromatic heterocycles. The Morgan fingerprint density at radius 1 is 1.44 bits per heavy atom. The van der Waals surface area contributed by atoms with Crippen LogP contribution in [-0.2, 0) is 19.1 Å². The van der Waals surface area contributed by atoms with Crippen molar-refractivity contribution in [3.63, 3.8) is 0 Å². The quantitative estimate of drug-likeness (QED) is 0.412. The van der Waals surface area contributed by atoms with Crippen molar-refractivity contribution in [1.82, 2.24) is 0 Å². The summed E-state index contributed by atoms with van der Waals surface area (Å²) in [5, 5.41) is 18.9. The molecule has 6 nitrogen and oxygen atoms in total. The minimum atomic E-state index is -0.724. The highest BCUT2D eigenvalue weighted by atomic mass is 16.6. The van der Waals surface area contributed by atoms with Gasteiger partial charge in [0.25, 0.3) is 0 Å². The van der Waals surface area contributed by atoms with E-state index in [1.165, 1.54) is 0 Å².